The first-order valence-corrected chi connectivity index (χ1v) is 3.90. The zero-order valence-electron chi connectivity index (χ0n) is 7.65. The zero-order valence-corrected chi connectivity index (χ0v) is 7.65. The third-order valence-electron chi connectivity index (χ3n) is 1.60. The van der Waals surface area contributed by atoms with Gasteiger partial charge in [0.2, 0.25) is 6.04 Å². The molecule has 1 N–H and O–H groups in total. The molecule has 0 aromatic heterocycles. The minimum absolute atomic E-state index is 0.299. The largest absolute Gasteiger partial charge is 0.386 e. The van der Waals surface area contributed by atoms with Gasteiger partial charge < -0.3 is 5.11 Å². The van der Waals surface area contributed by atoms with Gasteiger partial charge in [0, 0.05) is 11.3 Å². The van der Waals surface area contributed by atoms with Gasteiger partial charge in [-0.25, -0.2) is 0 Å². The summed E-state index contributed by atoms with van der Waals surface area (Å²) < 4.78 is 0. The van der Waals surface area contributed by atoms with E-state index in [1.54, 1.807) is 6.08 Å². The number of nitrogens with zero attached hydrogens (tertiary/aromatic N) is 1. The van der Waals surface area contributed by atoms with Crippen molar-refractivity contribution in [2.24, 2.45) is 0 Å². The van der Waals surface area contributed by atoms with Gasteiger partial charge in [-0.1, -0.05) is 11.6 Å². The quantitative estimate of drug-likeness (QED) is 0.396. The number of allylic oxidation sites excluding steroid dienone is 1. The average Bonchev–Trinajstić information content (AvgIpc) is 1.84. The van der Waals surface area contributed by atoms with Crippen molar-refractivity contribution in [1.82, 2.24) is 0 Å². The van der Waals surface area contributed by atoms with Crippen molar-refractivity contribution in [2.45, 2.75) is 39.3 Å². The molecule has 0 heterocycles. The van der Waals surface area contributed by atoms with Gasteiger partial charge >= 0.3 is 0 Å². The lowest BCUT2D eigenvalue weighted by Crippen LogP contribution is -2.30. The number of hydrogen-bond donors (Lipinski definition) is 1. The molecule has 0 aromatic carbocycles. The fraction of sp³-hybridized carbons (Fsp3) is 0.750. The first-order valence-electron chi connectivity index (χ1n) is 3.90. The summed E-state index contributed by atoms with van der Waals surface area (Å²) in [5, 5.41) is 19.4. The molecule has 2 atom stereocenters. The molecule has 0 saturated heterocycles. The molecule has 0 aliphatic heterocycles. The van der Waals surface area contributed by atoms with E-state index in [4.69, 9.17) is 5.11 Å². The van der Waals surface area contributed by atoms with Crippen LogP contribution in [0.2, 0.25) is 0 Å². The topological polar surface area (TPSA) is 63.4 Å². The third kappa shape index (κ3) is 4.08. The van der Waals surface area contributed by atoms with E-state index in [2.05, 4.69) is 0 Å². The standard InChI is InChI=1S/C8H15NO3/c1-6(2)4-5-8(7(3)10)9(11)12/h4,7-8,10H,5H2,1-3H3. The highest BCUT2D eigenvalue weighted by atomic mass is 16.6. The van der Waals surface area contributed by atoms with Gasteiger partial charge in [0.05, 0.1) is 0 Å². The SMILES string of the molecule is CC(C)=CCC(C(C)O)[N+](=O)[O-]. The fourth-order valence-corrected chi connectivity index (χ4v) is 0.816. The first-order chi connectivity index (χ1) is 5.45. The normalized spacial score (nSPS) is 15.0. The van der Waals surface area contributed by atoms with Gasteiger partial charge in [-0.15, -0.1) is 0 Å². The van der Waals surface area contributed by atoms with Crippen molar-refractivity contribution in [3.05, 3.63) is 21.8 Å². The Labute approximate surface area is 72.1 Å². The zero-order chi connectivity index (χ0) is 9.72. The summed E-state index contributed by atoms with van der Waals surface area (Å²) in [6, 6.07) is -0.875. The number of aliphatic hydroxyl groups excluding tert-OH is 1. The summed E-state index contributed by atoms with van der Waals surface area (Å²) >= 11 is 0. The molecule has 0 spiro atoms. The Bertz CT molecular complexity index is 183. The molecule has 4 heteroatoms. The van der Waals surface area contributed by atoms with E-state index in [0.717, 1.165) is 5.57 Å². The van der Waals surface area contributed by atoms with E-state index in [1.165, 1.54) is 6.92 Å². The predicted molar refractivity (Wildman–Crippen MR) is 46.5 cm³/mol. The minimum atomic E-state index is -0.893. The van der Waals surface area contributed by atoms with Crippen LogP contribution in [0.25, 0.3) is 0 Å². The van der Waals surface area contributed by atoms with Gasteiger partial charge in [0.25, 0.3) is 0 Å². The molecule has 70 valence electrons. The molecular formula is C8H15NO3. The summed E-state index contributed by atoms with van der Waals surface area (Å²) in [5.41, 5.74) is 1.03. The van der Waals surface area contributed by atoms with E-state index in [0.29, 0.717) is 6.42 Å². The Morgan fingerprint density at radius 2 is 2.17 bits per heavy atom. The van der Waals surface area contributed by atoms with Crippen LogP contribution in [-0.4, -0.2) is 22.2 Å². The molecule has 0 saturated carbocycles. The van der Waals surface area contributed by atoms with Crippen LogP contribution in [0.3, 0.4) is 0 Å². The molecule has 0 fully saturated rings. The summed E-state index contributed by atoms with van der Waals surface area (Å²) in [4.78, 5) is 9.93. The first kappa shape index (κ1) is 11.1. The highest BCUT2D eigenvalue weighted by molar-refractivity contribution is 4.94. The van der Waals surface area contributed by atoms with Crippen LogP contribution >= 0.6 is 0 Å². The summed E-state index contributed by atoms with van der Waals surface area (Å²) in [7, 11) is 0. The van der Waals surface area contributed by atoms with E-state index in [9.17, 15) is 10.1 Å². The molecule has 12 heavy (non-hydrogen) atoms. The summed E-state index contributed by atoms with van der Waals surface area (Å²) in [6.45, 7) is 5.18. The minimum Gasteiger partial charge on any atom is -0.386 e. The number of nitro groups is 1. The summed E-state index contributed by atoms with van der Waals surface area (Å²) in [6.07, 6.45) is 1.17. The Hall–Kier alpha value is -0.900. The lowest BCUT2D eigenvalue weighted by Gasteiger charge is -2.09. The highest BCUT2D eigenvalue weighted by Crippen LogP contribution is 2.06. The van der Waals surface area contributed by atoms with Crippen molar-refractivity contribution in [2.75, 3.05) is 0 Å². The number of aliphatic hydroxyl groups is 1. The number of rotatable bonds is 4. The lowest BCUT2D eigenvalue weighted by molar-refractivity contribution is -0.532. The molecular weight excluding hydrogens is 158 g/mol. The molecule has 0 rings (SSSR count). The summed E-state index contributed by atoms with van der Waals surface area (Å²) in [5.74, 6) is 0. The lowest BCUT2D eigenvalue weighted by atomic mass is 10.1. The van der Waals surface area contributed by atoms with Crippen LogP contribution in [0.15, 0.2) is 11.6 Å². The van der Waals surface area contributed by atoms with Crippen LogP contribution in [-0.2, 0) is 0 Å². The second-order valence-corrected chi connectivity index (χ2v) is 3.11. The van der Waals surface area contributed by atoms with Gasteiger partial charge in [-0.3, -0.25) is 10.1 Å². The highest BCUT2D eigenvalue weighted by Gasteiger charge is 2.24. The Morgan fingerprint density at radius 3 is 2.42 bits per heavy atom. The molecule has 0 aromatic rings. The van der Waals surface area contributed by atoms with Crippen LogP contribution in [0, 0.1) is 10.1 Å². The van der Waals surface area contributed by atoms with E-state index >= 15 is 0 Å². The van der Waals surface area contributed by atoms with E-state index in [-0.39, 0.29) is 0 Å². The van der Waals surface area contributed by atoms with Crippen molar-refractivity contribution in [3.8, 4) is 0 Å². The average molecular weight is 173 g/mol. The van der Waals surface area contributed by atoms with Crippen LogP contribution < -0.4 is 0 Å². The van der Waals surface area contributed by atoms with Gasteiger partial charge in [-0.05, 0) is 20.8 Å². The monoisotopic (exact) mass is 173 g/mol. The van der Waals surface area contributed by atoms with Crippen LogP contribution in [0.1, 0.15) is 27.2 Å². The van der Waals surface area contributed by atoms with Crippen molar-refractivity contribution >= 4 is 0 Å². The Balaban J connectivity index is 4.15. The molecule has 0 aliphatic rings. The van der Waals surface area contributed by atoms with Gasteiger partial charge in [-0.2, -0.15) is 0 Å². The second-order valence-electron chi connectivity index (χ2n) is 3.11. The van der Waals surface area contributed by atoms with E-state index < -0.39 is 17.1 Å². The maximum atomic E-state index is 10.4. The van der Waals surface area contributed by atoms with Crippen molar-refractivity contribution < 1.29 is 10.0 Å². The van der Waals surface area contributed by atoms with Crippen molar-refractivity contribution in [3.63, 3.8) is 0 Å². The maximum Gasteiger partial charge on any atom is 0.241 e. The fourth-order valence-electron chi connectivity index (χ4n) is 0.816. The molecule has 0 bridgehead atoms. The van der Waals surface area contributed by atoms with Crippen LogP contribution in [0.5, 0.6) is 0 Å². The van der Waals surface area contributed by atoms with Crippen molar-refractivity contribution in [1.29, 1.82) is 0 Å². The van der Waals surface area contributed by atoms with E-state index in [1.807, 2.05) is 13.8 Å². The van der Waals surface area contributed by atoms with Gasteiger partial charge in [0.15, 0.2) is 0 Å². The van der Waals surface area contributed by atoms with Crippen LogP contribution in [0.4, 0.5) is 0 Å². The molecule has 0 amide bonds. The molecule has 2 unspecified atom stereocenters. The molecule has 0 radical (unpaired) electrons. The smallest absolute Gasteiger partial charge is 0.241 e. The van der Waals surface area contributed by atoms with Gasteiger partial charge in [0.1, 0.15) is 6.10 Å². The second kappa shape index (κ2) is 4.87. The molecule has 0 aliphatic carbocycles. The predicted octanol–water partition coefficient (Wildman–Crippen LogP) is 1.37. The number of hydrogen-bond acceptors (Lipinski definition) is 3. The Morgan fingerprint density at radius 1 is 1.67 bits per heavy atom. The molecule has 4 nitrogen and oxygen atoms in total. The maximum absolute atomic E-state index is 10.4. The Kier molecular flexibility index (Phi) is 4.51. The third-order valence-corrected chi connectivity index (χ3v) is 1.60.